The van der Waals surface area contributed by atoms with E-state index >= 15 is 0 Å². The van der Waals surface area contributed by atoms with Gasteiger partial charge in [-0.1, -0.05) is 11.3 Å². The molecule has 8 nitrogen and oxygen atoms in total. The molecule has 0 saturated carbocycles. The van der Waals surface area contributed by atoms with Gasteiger partial charge in [0.05, 0.1) is 43.7 Å². The van der Waals surface area contributed by atoms with Crippen molar-refractivity contribution in [1.82, 2.24) is 4.57 Å². The summed E-state index contributed by atoms with van der Waals surface area (Å²) in [6.45, 7) is 1.94. The van der Waals surface area contributed by atoms with Crippen molar-refractivity contribution in [3.63, 3.8) is 0 Å². The van der Waals surface area contributed by atoms with Crippen LogP contribution in [0.3, 0.4) is 0 Å². The quantitative estimate of drug-likeness (QED) is 0.536. The summed E-state index contributed by atoms with van der Waals surface area (Å²) in [6.07, 6.45) is 0. The van der Waals surface area contributed by atoms with Crippen LogP contribution >= 0.6 is 11.3 Å². The molecule has 9 heteroatoms. The van der Waals surface area contributed by atoms with Crippen LogP contribution in [0.4, 0.5) is 0 Å². The van der Waals surface area contributed by atoms with Gasteiger partial charge in [0.25, 0.3) is 5.91 Å². The lowest BCUT2D eigenvalue weighted by Gasteiger charge is -2.08. The third kappa shape index (κ3) is 4.46. The van der Waals surface area contributed by atoms with Crippen molar-refractivity contribution in [2.24, 2.45) is 4.99 Å². The molecule has 0 spiro atoms. The van der Waals surface area contributed by atoms with E-state index in [0.717, 1.165) is 10.2 Å². The zero-order chi connectivity index (χ0) is 21.7. The SMILES string of the molecule is CCOC(=O)Cn1c(=NC(=O)c2cc(OC)ccc2OC)sc2cc(OC)ccc21. The van der Waals surface area contributed by atoms with E-state index in [-0.39, 0.29) is 18.7 Å². The number of benzene rings is 2. The number of hydrogen-bond acceptors (Lipinski definition) is 7. The standard InChI is InChI=1S/C21H22N2O6S/c1-5-29-19(24)12-23-16-8-6-14(27-3)11-18(16)30-21(23)22-20(25)15-10-13(26-2)7-9-17(15)28-4/h6-11H,5,12H2,1-4H3. The highest BCUT2D eigenvalue weighted by atomic mass is 32.1. The number of methoxy groups -OCH3 is 3. The third-order valence-electron chi connectivity index (χ3n) is 4.32. The van der Waals surface area contributed by atoms with E-state index in [2.05, 4.69) is 4.99 Å². The van der Waals surface area contributed by atoms with Crippen molar-refractivity contribution in [3.8, 4) is 17.2 Å². The topological polar surface area (TPSA) is 88.4 Å². The van der Waals surface area contributed by atoms with E-state index in [1.54, 1.807) is 42.9 Å². The van der Waals surface area contributed by atoms with Crippen LogP contribution in [-0.4, -0.2) is 44.4 Å². The normalized spacial score (nSPS) is 11.4. The summed E-state index contributed by atoms with van der Waals surface area (Å²) in [4.78, 5) is 29.8. The van der Waals surface area contributed by atoms with E-state index in [1.807, 2.05) is 12.1 Å². The summed E-state index contributed by atoms with van der Waals surface area (Å²) in [5.41, 5.74) is 1.01. The number of aromatic nitrogens is 1. The molecule has 0 aliphatic heterocycles. The van der Waals surface area contributed by atoms with Crippen LogP contribution in [0.5, 0.6) is 17.2 Å². The van der Waals surface area contributed by atoms with Crippen LogP contribution in [-0.2, 0) is 16.1 Å². The molecule has 0 unspecified atom stereocenters. The maximum Gasteiger partial charge on any atom is 0.326 e. The molecular formula is C21H22N2O6S. The van der Waals surface area contributed by atoms with Gasteiger partial charge in [-0.2, -0.15) is 4.99 Å². The minimum Gasteiger partial charge on any atom is -0.497 e. The summed E-state index contributed by atoms with van der Waals surface area (Å²) in [5.74, 6) is 0.626. The molecule has 0 fully saturated rings. The fraction of sp³-hybridized carbons (Fsp3) is 0.286. The van der Waals surface area contributed by atoms with E-state index in [1.165, 1.54) is 25.6 Å². The Morgan fingerprint density at radius 3 is 2.37 bits per heavy atom. The van der Waals surface area contributed by atoms with Gasteiger partial charge in [-0.15, -0.1) is 0 Å². The molecule has 0 saturated heterocycles. The van der Waals surface area contributed by atoms with Gasteiger partial charge in [0.2, 0.25) is 0 Å². The fourth-order valence-corrected chi connectivity index (χ4v) is 3.94. The fourth-order valence-electron chi connectivity index (χ4n) is 2.88. The number of nitrogens with zero attached hydrogens (tertiary/aromatic N) is 2. The average Bonchev–Trinajstić information content (AvgIpc) is 3.09. The van der Waals surface area contributed by atoms with Crippen molar-refractivity contribution in [1.29, 1.82) is 0 Å². The van der Waals surface area contributed by atoms with Gasteiger partial charge in [-0.25, -0.2) is 0 Å². The summed E-state index contributed by atoms with van der Waals surface area (Å²) in [6, 6.07) is 10.3. The van der Waals surface area contributed by atoms with Crippen LogP contribution in [0.1, 0.15) is 17.3 Å². The van der Waals surface area contributed by atoms with Crippen LogP contribution in [0.2, 0.25) is 0 Å². The number of fused-ring (bicyclic) bond motifs is 1. The predicted molar refractivity (Wildman–Crippen MR) is 112 cm³/mol. The Hall–Kier alpha value is -3.33. The average molecular weight is 430 g/mol. The molecule has 1 heterocycles. The number of ether oxygens (including phenoxy) is 4. The van der Waals surface area contributed by atoms with Gasteiger partial charge in [0, 0.05) is 0 Å². The van der Waals surface area contributed by atoms with Crippen molar-refractivity contribution in [2.45, 2.75) is 13.5 Å². The monoisotopic (exact) mass is 430 g/mol. The van der Waals surface area contributed by atoms with Crippen molar-refractivity contribution in [2.75, 3.05) is 27.9 Å². The second-order valence-corrected chi connectivity index (χ2v) is 7.10. The van der Waals surface area contributed by atoms with Crippen LogP contribution in [0.15, 0.2) is 41.4 Å². The van der Waals surface area contributed by atoms with Gasteiger partial charge in [-0.05, 0) is 43.3 Å². The first-order valence-electron chi connectivity index (χ1n) is 9.14. The Bertz CT molecular complexity index is 1150. The van der Waals surface area contributed by atoms with E-state index < -0.39 is 11.9 Å². The molecule has 0 bridgehead atoms. The zero-order valence-electron chi connectivity index (χ0n) is 17.1. The number of carbonyl (C=O) groups is 2. The summed E-state index contributed by atoms with van der Waals surface area (Å²) >= 11 is 1.28. The third-order valence-corrected chi connectivity index (χ3v) is 5.36. The molecule has 30 heavy (non-hydrogen) atoms. The molecule has 0 aliphatic rings. The summed E-state index contributed by atoms with van der Waals surface area (Å²) in [5, 5.41) is 0. The van der Waals surface area contributed by atoms with Gasteiger partial charge < -0.3 is 23.5 Å². The van der Waals surface area contributed by atoms with Crippen LogP contribution in [0, 0.1) is 0 Å². The lowest BCUT2D eigenvalue weighted by atomic mass is 10.2. The second kappa shape index (κ2) is 9.45. The highest BCUT2D eigenvalue weighted by Crippen LogP contribution is 2.26. The smallest absolute Gasteiger partial charge is 0.326 e. The van der Waals surface area contributed by atoms with Gasteiger partial charge in [-0.3, -0.25) is 9.59 Å². The maximum absolute atomic E-state index is 13.0. The van der Waals surface area contributed by atoms with E-state index in [0.29, 0.717) is 22.0 Å². The summed E-state index contributed by atoms with van der Waals surface area (Å²) in [7, 11) is 4.57. The highest BCUT2D eigenvalue weighted by Gasteiger charge is 2.16. The number of hydrogen-bond donors (Lipinski definition) is 0. The first-order valence-corrected chi connectivity index (χ1v) is 9.96. The Balaban J connectivity index is 2.14. The Kier molecular flexibility index (Phi) is 6.73. The molecule has 0 N–H and O–H groups in total. The Morgan fingerprint density at radius 2 is 1.70 bits per heavy atom. The van der Waals surface area contributed by atoms with Crippen molar-refractivity contribution >= 4 is 33.4 Å². The molecule has 3 rings (SSSR count). The van der Waals surface area contributed by atoms with Crippen molar-refractivity contribution < 1.29 is 28.5 Å². The molecule has 0 radical (unpaired) electrons. The molecule has 2 aromatic carbocycles. The minimum absolute atomic E-state index is 0.0679. The molecule has 1 amide bonds. The largest absolute Gasteiger partial charge is 0.497 e. The number of amides is 1. The number of thiazole rings is 1. The zero-order valence-corrected chi connectivity index (χ0v) is 17.9. The van der Waals surface area contributed by atoms with E-state index in [4.69, 9.17) is 18.9 Å². The van der Waals surface area contributed by atoms with Crippen LogP contribution < -0.4 is 19.0 Å². The molecule has 0 atom stereocenters. The van der Waals surface area contributed by atoms with Gasteiger partial charge >= 0.3 is 5.97 Å². The first kappa shape index (κ1) is 21.4. The van der Waals surface area contributed by atoms with Crippen LogP contribution in [0.25, 0.3) is 10.2 Å². The molecule has 1 aromatic heterocycles. The molecule has 0 aliphatic carbocycles. The lowest BCUT2D eigenvalue weighted by Crippen LogP contribution is -2.23. The predicted octanol–water partition coefficient (Wildman–Crippen LogP) is 3.03. The van der Waals surface area contributed by atoms with Gasteiger partial charge in [0.1, 0.15) is 23.8 Å². The number of esters is 1. The summed E-state index contributed by atoms with van der Waals surface area (Å²) < 4.78 is 23.3. The molecule has 3 aromatic rings. The Labute approximate surface area is 177 Å². The second-order valence-electron chi connectivity index (χ2n) is 6.09. The maximum atomic E-state index is 13.0. The first-order chi connectivity index (χ1) is 14.5. The Morgan fingerprint density at radius 1 is 1.00 bits per heavy atom. The van der Waals surface area contributed by atoms with Gasteiger partial charge in [0.15, 0.2) is 4.80 Å². The number of carbonyl (C=O) groups excluding carboxylic acids is 2. The number of rotatable bonds is 7. The highest BCUT2D eigenvalue weighted by molar-refractivity contribution is 7.16. The minimum atomic E-state index is -0.512. The van der Waals surface area contributed by atoms with E-state index in [9.17, 15) is 9.59 Å². The van der Waals surface area contributed by atoms with Crippen molar-refractivity contribution in [3.05, 3.63) is 46.8 Å². The lowest BCUT2D eigenvalue weighted by molar-refractivity contribution is -0.143. The molecular weight excluding hydrogens is 408 g/mol. The molecule has 158 valence electrons.